The molecular formula is C17H14F3NO2. The van der Waals surface area contributed by atoms with E-state index < -0.39 is 11.7 Å². The summed E-state index contributed by atoms with van der Waals surface area (Å²) in [6.07, 6.45) is -3.86. The number of ether oxygens (including phenoxy) is 1. The Morgan fingerprint density at radius 2 is 1.78 bits per heavy atom. The number of hydrogen-bond donors (Lipinski definition) is 1. The Kier molecular flexibility index (Phi) is 3.98. The maximum Gasteiger partial charge on any atom is 0.416 e. The number of amides is 1. The standard InChI is InChI=1S/C17H14F3NO2/c18-17(19,20)11-5-7-12(8-6-11)21-16(22)14-9-10-23-15-4-2-1-3-13(14)15/h1-8,14H,9-10H2,(H,21,22). The van der Waals surface area contributed by atoms with Crippen LogP contribution in [-0.4, -0.2) is 12.5 Å². The number of nitrogens with one attached hydrogen (secondary N) is 1. The number of alkyl halides is 3. The van der Waals surface area contributed by atoms with Gasteiger partial charge in [-0.15, -0.1) is 0 Å². The fourth-order valence-electron chi connectivity index (χ4n) is 2.59. The Balaban J connectivity index is 1.75. The summed E-state index contributed by atoms with van der Waals surface area (Å²) < 4.78 is 43.1. The number of rotatable bonds is 2. The van der Waals surface area contributed by atoms with E-state index in [4.69, 9.17) is 4.74 Å². The van der Waals surface area contributed by atoms with Crippen molar-refractivity contribution in [2.45, 2.75) is 18.5 Å². The smallest absolute Gasteiger partial charge is 0.416 e. The van der Waals surface area contributed by atoms with Crippen LogP contribution in [-0.2, 0) is 11.0 Å². The molecule has 0 aliphatic carbocycles. The van der Waals surface area contributed by atoms with Gasteiger partial charge in [-0.1, -0.05) is 18.2 Å². The zero-order chi connectivity index (χ0) is 16.4. The zero-order valence-electron chi connectivity index (χ0n) is 12.1. The molecule has 0 saturated carbocycles. The quantitative estimate of drug-likeness (QED) is 0.900. The molecule has 0 saturated heterocycles. The number of halogens is 3. The molecule has 0 radical (unpaired) electrons. The van der Waals surface area contributed by atoms with Crippen LogP contribution in [0.3, 0.4) is 0 Å². The summed E-state index contributed by atoms with van der Waals surface area (Å²) in [6.45, 7) is 0.433. The molecule has 1 unspecified atom stereocenters. The highest BCUT2D eigenvalue weighted by Crippen LogP contribution is 2.34. The van der Waals surface area contributed by atoms with E-state index in [1.54, 1.807) is 6.07 Å². The van der Waals surface area contributed by atoms with Crippen molar-refractivity contribution in [1.82, 2.24) is 0 Å². The maximum atomic E-state index is 12.5. The first-order valence-electron chi connectivity index (χ1n) is 7.15. The average Bonchev–Trinajstić information content (AvgIpc) is 2.54. The highest BCUT2D eigenvalue weighted by atomic mass is 19.4. The summed E-state index contributed by atoms with van der Waals surface area (Å²) in [6, 6.07) is 11.7. The van der Waals surface area contributed by atoms with Gasteiger partial charge in [0, 0.05) is 11.3 Å². The van der Waals surface area contributed by atoms with Crippen molar-refractivity contribution in [2.75, 3.05) is 11.9 Å². The van der Waals surface area contributed by atoms with Gasteiger partial charge in [-0.2, -0.15) is 13.2 Å². The monoisotopic (exact) mass is 321 g/mol. The number of para-hydroxylation sites is 1. The van der Waals surface area contributed by atoms with E-state index in [1.807, 2.05) is 18.2 Å². The second-order valence-electron chi connectivity index (χ2n) is 5.29. The van der Waals surface area contributed by atoms with Gasteiger partial charge in [-0.25, -0.2) is 0 Å². The van der Waals surface area contributed by atoms with Gasteiger partial charge in [-0.05, 0) is 36.8 Å². The van der Waals surface area contributed by atoms with Crippen LogP contribution in [0.25, 0.3) is 0 Å². The van der Waals surface area contributed by atoms with E-state index in [2.05, 4.69) is 5.32 Å². The molecule has 1 heterocycles. The largest absolute Gasteiger partial charge is 0.493 e. The van der Waals surface area contributed by atoms with Crippen LogP contribution in [0.1, 0.15) is 23.5 Å². The van der Waals surface area contributed by atoms with E-state index in [-0.39, 0.29) is 11.8 Å². The highest BCUT2D eigenvalue weighted by Gasteiger charge is 2.30. The van der Waals surface area contributed by atoms with Gasteiger partial charge in [0.25, 0.3) is 0 Å². The summed E-state index contributed by atoms with van der Waals surface area (Å²) in [5.74, 6) is 0.0501. The fourth-order valence-corrected chi connectivity index (χ4v) is 2.59. The topological polar surface area (TPSA) is 38.3 Å². The van der Waals surface area contributed by atoms with E-state index in [0.717, 1.165) is 17.7 Å². The Labute approximate surface area is 131 Å². The lowest BCUT2D eigenvalue weighted by Gasteiger charge is -2.25. The molecule has 0 fully saturated rings. The normalized spacial score (nSPS) is 17.1. The summed E-state index contributed by atoms with van der Waals surface area (Å²) in [7, 11) is 0. The van der Waals surface area contributed by atoms with Crippen molar-refractivity contribution in [3.63, 3.8) is 0 Å². The van der Waals surface area contributed by atoms with Gasteiger partial charge in [0.15, 0.2) is 0 Å². The molecule has 0 spiro atoms. The Morgan fingerprint density at radius 3 is 2.48 bits per heavy atom. The van der Waals surface area contributed by atoms with Gasteiger partial charge in [0.1, 0.15) is 5.75 Å². The predicted octanol–water partition coefficient (Wildman–Crippen LogP) is 4.21. The van der Waals surface area contributed by atoms with Gasteiger partial charge in [0.05, 0.1) is 18.1 Å². The van der Waals surface area contributed by atoms with Gasteiger partial charge < -0.3 is 10.1 Å². The number of anilines is 1. The highest BCUT2D eigenvalue weighted by molar-refractivity contribution is 5.96. The SMILES string of the molecule is O=C(Nc1ccc(C(F)(F)F)cc1)C1CCOc2ccccc21. The van der Waals surface area contributed by atoms with Crippen molar-refractivity contribution >= 4 is 11.6 Å². The zero-order valence-corrected chi connectivity index (χ0v) is 12.1. The molecule has 1 aliphatic heterocycles. The molecule has 120 valence electrons. The molecule has 0 bridgehead atoms. The summed E-state index contributed by atoms with van der Waals surface area (Å²) in [4.78, 5) is 12.4. The molecule has 1 amide bonds. The second kappa shape index (κ2) is 5.95. The lowest BCUT2D eigenvalue weighted by atomic mass is 9.92. The average molecular weight is 321 g/mol. The van der Waals surface area contributed by atoms with Crippen LogP contribution in [0.2, 0.25) is 0 Å². The Morgan fingerprint density at radius 1 is 1.09 bits per heavy atom. The first kappa shape index (κ1) is 15.4. The molecule has 3 rings (SSSR count). The number of carbonyl (C=O) groups is 1. The van der Waals surface area contributed by atoms with Crippen LogP contribution >= 0.6 is 0 Å². The van der Waals surface area contributed by atoms with E-state index in [9.17, 15) is 18.0 Å². The van der Waals surface area contributed by atoms with Crippen molar-refractivity contribution in [3.8, 4) is 5.75 Å². The molecule has 1 aliphatic rings. The number of carbonyl (C=O) groups excluding carboxylic acids is 1. The van der Waals surface area contributed by atoms with Crippen LogP contribution in [0.4, 0.5) is 18.9 Å². The van der Waals surface area contributed by atoms with Gasteiger partial charge >= 0.3 is 6.18 Å². The molecule has 1 atom stereocenters. The maximum absolute atomic E-state index is 12.5. The third-order valence-electron chi connectivity index (χ3n) is 3.75. The second-order valence-corrected chi connectivity index (χ2v) is 5.29. The third-order valence-corrected chi connectivity index (χ3v) is 3.75. The number of fused-ring (bicyclic) bond motifs is 1. The fraction of sp³-hybridized carbons (Fsp3) is 0.235. The summed E-state index contributed by atoms with van der Waals surface area (Å²) in [5.41, 5.74) is 0.391. The molecule has 0 aromatic heterocycles. The minimum absolute atomic E-state index is 0.250. The minimum atomic E-state index is -4.39. The van der Waals surface area contributed by atoms with Crippen molar-refractivity contribution < 1.29 is 22.7 Å². The number of hydrogen-bond acceptors (Lipinski definition) is 2. The third kappa shape index (κ3) is 3.31. The first-order valence-corrected chi connectivity index (χ1v) is 7.15. The van der Waals surface area contributed by atoms with Crippen molar-refractivity contribution in [1.29, 1.82) is 0 Å². The van der Waals surface area contributed by atoms with Crippen LogP contribution < -0.4 is 10.1 Å². The molecule has 3 nitrogen and oxygen atoms in total. The van der Waals surface area contributed by atoms with E-state index in [1.165, 1.54) is 12.1 Å². The first-order chi connectivity index (χ1) is 10.9. The molecule has 2 aromatic carbocycles. The van der Waals surface area contributed by atoms with Crippen molar-refractivity contribution in [3.05, 3.63) is 59.7 Å². The molecule has 1 N–H and O–H groups in total. The van der Waals surface area contributed by atoms with Crippen LogP contribution in [0.15, 0.2) is 48.5 Å². The Hall–Kier alpha value is -2.50. The number of benzene rings is 2. The molecule has 2 aromatic rings. The van der Waals surface area contributed by atoms with Crippen molar-refractivity contribution in [2.24, 2.45) is 0 Å². The lowest BCUT2D eigenvalue weighted by Crippen LogP contribution is -2.26. The molecular weight excluding hydrogens is 307 g/mol. The van der Waals surface area contributed by atoms with Crippen LogP contribution in [0, 0.1) is 0 Å². The predicted molar refractivity (Wildman–Crippen MR) is 79.4 cm³/mol. The minimum Gasteiger partial charge on any atom is -0.493 e. The summed E-state index contributed by atoms with van der Waals surface area (Å²) >= 11 is 0. The molecule has 6 heteroatoms. The molecule has 23 heavy (non-hydrogen) atoms. The van der Waals surface area contributed by atoms with E-state index in [0.29, 0.717) is 24.5 Å². The van der Waals surface area contributed by atoms with E-state index >= 15 is 0 Å². The van der Waals surface area contributed by atoms with Gasteiger partial charge in [-0.3, -0.25) is 4.79 Å². The lowest BCUT2D eigenvalue weighted by molar-refractivity contribution is -0.137. The summed E-state index contributed by atoms with van der Waals surface area (Å²) in [5, 5.41) is 2.67. The van der Waals surface area contributed by atoms with Gasteiger partial charge in [0.2, 0.25) is 5.91 Å². The van der Waals surface area contributed by atoms with Crippen LogP contribution in [0.5, 0.6) is 5.75 Å². The Bertz CT molecular complexity index is 711.